The predicted molar refractivity (Wildman–Crippen MR) is 101 cm³/mol. The maximum Gasteiger partial charge on any atom is 0.349 e. The molecule has 0 aromatic carbocycles. The Kier molecular flexibility index (Phi) is 5.11. The highest BCUT2D eigenvalue weighted by Gasteiger charge is 2.29. The number of aromatic amines is 1. The molecule has 1 amide bonds. The lowest BCUT2D eigenvalue weighted by atomic mass is 9.93. The molecule has 2 aromatic heterocycles. The van der Waals surface area contributed by atoms with E-state index < -0.39 is 5.63 Å². The van der Waals surface area contributed by atoms with Crippen LogP contribution in [0.15, 0.2) is 27.5 Å². The lowest BCUT2D eigenvalue weighted by Gasteiger charge is -2.31. The van der Waals surface area contributed by atoms with Gasteiger partial charge in [0.05, 0.1) is 0 Å². The van der Waals surface area contributed by atoms with Crippen molar-refractivity contribution >= 4 is 5.91 Å². The average molecular weight is 370 g/mol. The van der Waals surface area contributed by atoms with Crippen molar-refractivity contribution < 1.29 is 9.21 Å². The first-order valence-corrected chi connectivity index (χ1v) is 9.77. The third kappa shape index (κ3) is 3.69. The van der Waals surface area contributed by atoms with Gasteiger partial charge in [0, 0.05) is 43.4 Å². The van der Waals surface area contributed by atoms with Gasteiger partial charge in [-0.15, -0.1) is 0 Å². The summed E-state index contributed by atoms with van der Waals surface area (Å²) >= 11 is 0. The van der Waals surface area contributed by atoms with Gasteiger partial charge in [-0.25, -0.2) is 4.79 Å². The molecule has 2 fully saturated rings. The quantitative estimate of drug-likeness (QED) is 0.864. The summed E-state index contributed by atoms with van der Waals surface area (Å²) in [4.78, 5) is 27.3. The third-order valence-corrected chi connectivity index (χ3v) is 5.83. The highest BCUT2D eigenvalue weighted by Crippen LogP contribution is 2.28. The number of aromatic nitrogens is 2. The molecule has 2 aliphatic rings. The van der Waals surface area contributed by atoms with Gasteiger partial charge in [-0.3, -0.25) is 9.89 Å². The van der Waals surface area contributed by atoms with Crippen LogP contribution in [0.25, 0.3) is 0 Å². The Labute approximate surface area is 158 Å². The van der Waals surface area contributed by atoms with Crippen LogP contribution >= 0.6 is 0 Å². The first kappa shape index (κ1) is 18.0. The third-order valence-electron chi connectivity index (χ3n) is 5.83. The van der Waals surface area contributed by atoms with E-state index in [2.05, 4.69) is 15.5 Å². The second kappa shape index (κ2) is 7.68. The first-order valence-electron chi connectivity index (χ1n) is 9.77. The minimum Gasteiger partial charge on any atom is -0.427 e. The van der Waals surface area contributed by atoms with Crippen LogP contribution in [0.5, 0.6) is 0 Å². The highest BCUT2D eigenvalue weighted by atomic mass is 16.4. The summed E-state index contributed by atoms with van der Waals surface area (Å²) in [6.45, 7) is 4.92. The molecular weight excluding hydrogens is 344 g/mol. The van der Waals surface area contributed by atoms with Crippen LogP contribution in [-0.4, -0.2) is 47.2 Å². The largest absolute Gasteiger partial charge is 0.427 e. The normalized spacial score (nSPS) is 21.4. The van der Waals surface area contributed by atoms with Crippen molar-refractivity contribution in [2.24, 2.45) is 0 Å². The van der Waals surface area contributed by atoms with Crippen molar-refractivity contribution in [3.05, 3.63) is 51.3 Å². The summed E-state index contributed by atoms with van der Waals surface area (Å²) in [6.07, 6.45) is 5.56. The van der Waals surface area contributed by atoms with E-state index >= 15 is 0 Å². The second-order valence-corrected chi connectivity index (χ2v) is 7.62. The molecule has 0 aliphatic carbocycles. The van der Waals surface area contributed by atoms with Gasteiger partial charge < -0.3 is 14.6 Å². The number of hydrogen-bond acceptors (Lipinski definition) is 5. The average Bonchev–Trinajstić information content (AvgIpc) is 3.23. The number of amides is 1. The zero-order chi connectivity index (χ0) is 18.8. The monoisotopic (exact) mass is 370 g/mol. The van der Waals surface area contributed by atoms with Crippen LogP contribution in [0, 0.1) is 6.92 Å². The number of hydrogen-bond donors (Lipinski definition) is 2. The van der Waals surface area contributed by atoms with Crippen LogP contribution in [-0.2, 0) is 0 Å². The van der Waals surface area contributed by atoms with Gasteiger partial charge in [0.1, 0.15) is 11.3 Å². The van der Waals surface area contributed by atoms with Gasteiger partial charge in [0.15, 0.2) is 0 Å². The molecule has 0 spiro atoms. The molecule has 4 heterocycles. The molecule has 7 heteroatoms. The molecule has 0 radical (unpaired) electrons. The fourth-order valence-electron chi connectivity index (χ4n) is 4.23. The molecule has 4 rings (SSSR count). The molecule has 2 aromatic rings. The zero-order valence-corrected chi connectivity index (χ0v) is 15.7. The fourth-order valence-corrected chi connectivity index (χ4v) is 4.23. The summed E-state index contributed by atoms with van der Waals surface area (Å²) in [5.41, 5.74) is 1.51. The van der Waals surface area contributed by atoms with Crippen molar-refractivity contribution in [1.29, 1.82) is 0 Å². The summed E-state index contributed by atoms with van der Waals surface area (Å²) in [5.74, 6) is 1.08. The smallest absolute Gasteiger partial charge is 0.349 e. The molecule has 7 nitrogen and oxygen atoms in total. The molecule has 2 N–H and O–H groups in total. The summed E-state index contributed by atoms with van der Waals surface area (Å²) < 4.78 is 5.56. The van der Waals surface area contributed by atoms with E-state index in [1.165, 1.54) is 0 Å². The number of aryl methyl sites for hydroxylation is 1. The number of H-pyrrole nitrogens is 1. The summed E-state index contributed by atoms with van der Waals surface area (Å²) in [7, 11) is 0. The SMILES string of the molecule is Cc1cc(C2CCCNC2)oc(=O)c1C(=O)N1CCC(c2ccn[nH]2)CC1. The van der Waals surface area contributed by atoms with Gasteiger partial charge in [-0.2, -0.15) is 5.10 Å². The van der Waals surface area contributed by atoms with Crippen molar-refractivity contribution in [3.8, 4) is 0 Å². The standard InChI is InChI=1S/C20H26N4O3/c1-13-11-17(15-3-2-7-21-12-15)27-20(26)18(13)19(25)24-9-5-14(6-10-24)16-4-8-22-23-16/h4,8,11,14-15,21H,2-3,5-7,9-10,12H2,1H3,(H,22,23). The minimum absolute atomic E-state index is 0.183. The number of nitrogens with one attached hydrogen (secondary N) is 2. The predicted octanol–water partition coefficient (Wildman–Crippen LogP) is 2.16. The van der Waals surface area contributed by atoms with Crippen LogP contribution in [0.4, 0.5) is 0 Å². The van der Waals surface area contributed by atoms with Gasteiger partial charge in [0.2, 0.25) is 0 Å². The summed E-state index contributed by atoms with van der Waals surface area (Å²) in [5, 5.41) is 10.4. The molecule has 2 saturated heterocycles. The zero-order valence-electron chi connectivity index (χ0n) is 15.7. The maximum atomic E-state index is 13.0. The number of nitrogens with zero attached hydrogens (tertiary/aromatic N) is 2. The van der Waals surface area contributed by atoms with E-state index in [1.807, 2.05) is 19.1 Å². The lowest BCUT2D eigenvalue weighted by molar-refractivity contribution is 0.0706. The number of carbonyl (C=O) groups is 1. The molecule has 0 saturated carbocycles. The molecule has 2 aliphatic heterocycles. The lowest BCUT2D eigenvalue weighted by Crippen LogP contribution is -2.40. The Bertz CT molecular complexity index is 845. The Hall–Kier alpha value is -2.41. The van der Waals surface area contributed by atoms with Gasteiger partial charge in [-0.05, 0) is 56.8 Å². The van der Waals surface area contributed by atoms with Crippen LogP contribution < -0.4 is 10.9 Å². The Morgan fingerprint density at radius 1 is 1.26 bits per heavy atom. The fraction of sp³-hybridized carbons (Fsp3) is 0.550. The van der Waals surface area contributed by atoms with E-state index in [-0.39, 0.29) is 17.4 Å². The number of likely N-dealkylation sites (tertiary alicyclic amines) is 1. The van der Waals surface area contributed by atoms with Crippen molar-refractivity contribution in [1.82, 2.24) is 20.4 Å². The Balaban J connectivity index is 1.48. The van der Waals surface area contributed by atoms with Crippen molar-refractivity contribution in [2.75, 3.05) is 26.2 Å². The maximum absolute atomic E-state index is 13.0. The molecule has 0 bridgehead atoms. The minimum atomic E-state index is -0.503. The molecule has 1 unspecified atom stereocenters. The topological polar surface area (TPSA) is 91.2 Å². The molecule has 1 atom stereocenters. The highest BCUT2D eigenvalue weighted by molar-refractivity contribution is 5.95. The van der Waals surface area contributed by atoms with E-state index in [4.69, 9.17) is 4.42 Å². The molecule has 27 heavy (non-hydrogen) atoms. The van der Waals surface area contributed by atoms with Crippen molar-refractivity contribution in [3.63, 3.8) is 0 Å². The van der Waals surface area contributed by atoms with Gasteiger partial charge in [-0.1, -0.05) is 0 Å². The number of piperidine rings is 2. The second-order valence-electron chi connectivity index (χ2n) is 7.62. The van der Waals surface area contributed by atoms with E-state index in [0.29, 0.717) is 30.3 Å². The van der Waals surface area contributed by atoms with Crippen LogP contribution in [0.1, 0.15) is 64.9 Å². The first-order chi connectivity index (χ1) is 13.1. The molecule has 144 valence electrons. The van der Waals surface area contributed by atoms with Crippen LogP contribution in [0.2, 0.25) is 0 Å². The number of carbonyl (C=O) groups excluding carboxylic acids is 1. The molecular formula is C20H26N4O3. The van der Waals surface area contributed by atoms with E-state index in [1.54, 1.807) is 11.1 Å². The van der Waals surface area contributed by atoms with Gasteiger partial charge in [0.25, 0.3) is 5.91 Å². The van der Waals surface area contributed by atoms with Crippen LogP contribution in [0.3, 0.4) is 0 Å². The van der Waals surface area contributed by atoms with E-state index in [0.717, 1.165) is 44.5 Å². The van der Waals surface area contributed by atoms with Gasteiger partial charge >= 0.3 is 5.63 Å². The Morgan fingerprint density at radius 3 is 2.70 bits per heavy atom. The summed E-state index contributed by atoms with van der Waals surface area (Å²) in [6, 6.07) is 3.86. The number of rotatable bonds is 3. The van der Waals surface area contributed by atoms with Crippen molar-refractivity contribution in [2.45, 2.75) is 44.4 Å². The Morgan fingerprint density at radius 2 is 2.07 bits per heavy atom. The van der Waals surface area contributed by atoms with E-state index in [9.17, 15) is 9.59 Å².